The highest BCUT2D eigenvalue weighted by molar-refractivity contribution is 5.90. The number of hydrogen-bond donors (Lipinski definition) is 2. The van der Waals surface area contributed by atoms with E-state index in [0.717, 1.165) is 55.6 Å². The largest absolute Gasteiger partial charge is 0.480 e. The fourth-order valence-electron chi connectivity index (χ4n) is 5.19. The summed E-state index contributed by atoms with van der Waals surface area (Å²) in [6.45, 7) is 5.24. The van der Waals surface area contributed by atoms with E-state index < -0.39 is 36.3 Å². The van der Waals surface area contributed by atoms with Gasteiger partial charge < -0.3 is 38.8 Å². The summed E-state index contributed by atoms with van der Waals surface area (Å²) in [5.74, 6) is -4.81. The van der Waals surface area contributed by atoms with Crippen LogP contribution >= 0.6 is 0 Å². The van der Waals surface area contributed by atoms with Crippen LogP contribution in [-0.4, -0.2) is 85.1 Å². The average molecular weight is 630 g/mol. The van der Waals surface area contributed by atoms with Crippen molar-refractivity contribution in [2.24, 2.45) is 0 Å². The van der Waals surface area contributed by atoms with Gasteiger partial charge in [-0.05, 0) is 93.7 Å². The molecule has 45 heavy (non-hydrogen) atoms. The fraction of sp³-hybridized carbons (Fsp3) is 0.559. The number of fused-ring (bicyclic) bond motifs is 1. The molecule has 1 aliphatic rings. The van der Waals surface area contributed by atoms with Crippen LogP contribution < -0.4 is 9.47 Å². The first kappa shape index (κ1) is 35.8. The van der Waals surface area contributed by atoms with Crippen molar-refractivity contribution in [3.05, 3.63) is 58.7 Å². The Labute approximate surface area is 265 Å². The van der Waals surface area contributed by atoms with Crippen LogP contribution in [0.3, 0.4) is 0 Å². The molecule has 2 aromatic rings. The second-order valence-electron chi connectivity index (χ2n) is 11.3. The summed E-state index contributed by atoms with van der Waals surface area (Å²) < 4.78 is 27.5. The molecular weight excluding hydrogens is 582 g/mol. The third-order valence-corrected chi connectivity index (χ3v) is 7.87. The molecule has 1 amide bonds. The standard InChI is InChI=1S/C34H47NO10/c1-5-44-34(33(39)40,45-22-30(36)37)31(41-19-11-7-9-12-26-15-14-24(2)25(3)20-26)32(38)35(4)18-10-6-8-13-27-16-17-28-29(21-27)43-23-42-28/h14-17,20-21,31H,5-13,18-19,22-23H2,1-4H3,(H,36,37)(H,39,40). The van der Waals surface area contributed by atoms with Gasteiger partial charge in [0.1, 0.15) is 6.61 Å². The highest BCUT2D eigenvalue weighted by Gasteiger charge is 2.54. The van der Waals surface area contributed by atoms with E-state index >= 15 is 0 Å². The number of unbranched alkanes of at least 4 members (excludes halogenated alkanes) is 4. The van der Waals surface area contributed by atoms with E-state index in [4.69, 9.17) is 23.7 Å². The number of nitrogens with zero attached hydrogens (tertiary/aromatic N) is 1. The molecule has 1 aliphatic heterocycles. The maximum absolute atomic E-state index is 13.7. The smallest absolute Gasteiger partial charge is 0.367 e. The minimum atomic E-state index is -2.61. The number of likely N-dealkylation sites (N-methyl/N-ethyl adjacent to an activating group) is 1. The highest BCUT2D eigenvalue weighted by Crippen LogP contribution is 2.33. The van der Waals surface area contributed by atoms with Crippen LogP contribution in [0.2, 0.25) is 0 Å². The topological polar surface area (TPSA) is 141 Å². The minimum absolute atomic E-state index is 0.0746. The zero-order valence-corrected chi connectivity index (χ0v) is 26.8. The normalized spacial score (nSPS) is 14.1. The molecule has 1 heterocycles. The van der Waals surface area contributed by atoms with Crippen molar-refractivity contribution in [3.63, 3.8) is 0 Å². The Balaban J connectivity index is 1.58. The first-order valence-corrected chi connectivity index (χ1v) is 15.6. The summed E-state index contributed by atoms with van der Waals surface area (Å²) in [6, 6.07) is 12.3. The van der Waals surface area contributed by atoms with Gasteiger partial charge in [-0.3, -0.25) is 4.79 Å². The number of ether oxygens (including phenoxy) is 5. The molecule has 2 atom stereocenters. The van der Waals surface area contributed by atoms with Gasteiger partial charge in [0.05, 0.1) is 0 Å². The molecule has 0 saturated carbocycles. The summed E-state index contributed by atoms with van der Waals surface area (Å²) in [7, 11) is 1.57. The number of carbonyl (C=O) groups excluding carboxylic acids is 1. The van der Waals surface area contributed by atoms with Crippen LogP contribution in [0.1, 0.15) is 67.7 Å². The maximum atomic E-state index is 13.7. The number of carboxylic acid groups (broad SMARTS) is 2. The predicted octanol–water partition coefficient (Wildman–Crippen LogP) is 4.92. The lowest BCUT2D eigenvalue weighted by Crippen LogP contribution is -2.61. The van der Waals surface area contributed by atoms with E-state index in [1.807, 2.05) is 18.2 Å². The van der Waals surface area contributed by atoms with Gasteiger partial charge in [-0.15, -0.1) is 0 Å². The van der Waals surface area contributed by atoms with E-state index in [-0.39, 0.29) is 20.0 Å². The molecule has 0 spiro atoms. The molecule has 2 aromatic carbocycles. The van der Waals surface area contributed by atoms with Gasteiger partial charge in [0.25, 0.3) is 5.91 Å². The molecule has 3 rings (SSSR count). The summed E-state index contributed by atoms with van der Waals surface area (Å²) in [5, 5.41) is 19.4. The van der Waals surface area contributed by atoms with E-state index in [0.29, 0.717) is 19.4 Å². The van der Waals surface area contributed by atoms with Crippen LogP contribution in [0.25, 0.3) is 0 Å². The van der Waals surface area contributed by atoms with Crippen molar-refractivity contribution in [2.45, 2.75) is 84.0 Å². The number of carbonyl (C=O) groups is 3. The van der Waals surface area contributed by atoms with Gasteiger partial charge in [-0.25, -0.2) is 9.59 Å². The molecule has 248 valence electrons. The molecule has 11 heteroatoms. The van der Waals surface area contributed by atoms with Crippen LogP contribution in [0.4, 0.5) is 0 Å². The van der Waals surface area contributed by atoms with Crippen LogP contribution in [0, 0.1) is 13.8 Å². The van der Waals surface area contributed by atoms with Gasteiger partial charge in [0.2, 0.25) is 12.9 Å². The molecule has 2 unspecified atom stereocenters. The molecule has 0 saturated heterocycles. The minimum Gasteiger partial charge on any atom is -0.480 e. The third kappa shape index (κ3) is 10.4. The van der Waals surface area contributed by atoms with E-state index in [1.165, 1.54) is 21.6 Å². The lowest BCUT2D eigenvalue weighted by atomic mass is 10.0. The molecule has 0 aromatic heterocycles. The fourth-order valence-corrected chi connectivity index (χ4v) is 5.19. The lowest BCUT2D eigenvalue weighted by Gasteiger charge is -2.36. The Hall–Kier alpha value is -3.67. The Bertz CT molecular complexity index is 1280. The monoisotopic (exact) mass is 629 g/mol. The zero-order valence-electron chi connectivity index (χ0n) is 26.8. The molecule has 2 N–H and O–H groups in total. The molecule has 0 aliphatic carbocycles. The van der Waals surface area contributed by atoms with Gasteiger partial charge in [-0.2, -0.15) is 0 Å². The number of aliphatic carboxylic acids is 2. The van der Waals surface area contributed by atoms with E-state index in [1.54, 1.807) is 14.0 Å². The molecular formula is C34H47NO10. The molecule has 0 bridgehead atoms. The first-order valence-electron chi connectivity index (χ1n) is 15.6. The van der Waals surface area contributed by atoms with Crippen molar-refractivity contribution in [2.75, 3.05) is 40.2 Å². The number of aryl methyl sites for hydroxylation is 4. The lowest BCUT2D eigenvalue weighted by molar-refractivity contribution is -0.281. The average Bonchev–Trinajstić information content (AvgIpc) is 3.48. The molecule has 11 nitrogen and oxygen atoms in total. The van der Waals surface area contributed by atoms with Crippen molar-refractivity contribution in [1.82, 2.24) is 4.90 Å². The van der Waals surface area contributed by atoms with Gasteiger partial charge in [0, 0.05) is 26.8 Å². The van der Waals surface area contributed by atoms with E-state index in [9.17, 15) is 24.6 Å². The predicted molar refractivity (Wildman–Crippen MR) is 167 cm³/mol. The molecule has 0 fully saturated rings. The first-order chi connectivity index (χ1) is 21.6. The van der Waals surface area contributed by atoms with Crippen LogP contribution in [-0.2, 0) is 41.4 Å². The summed E-state index contributed by atoms with van der Waals surface area (Å²) in [4.78, 5) is 38.9. The van der Waals surface area contributed by atoms with Gasteiger partial charge in [0.15, 0.2) is 11.5 Å². The Morgan fingerprint density at radius 3 is 2.20 bits per heavy atom. The Kier molecular flexibility index (Phi) is 14.1. The van der Waals surface area contributed by atoms with Gasteiger partial charge in [-0.1, -0.05) is 37.1 Å². The number of hydrogen-bond acceptors (Lipinski definition) is 8. The number of carboxylic acids is 2. The van der Waals surface area contributed by atoms with Crippen LogP contribution in [0.15, 0.2) is 36.4 Å². The quantitative estimate of drug-likeness (QED) is 0.144. The second kappa shape index (κ2) is 17.7. The van der Waals surface area contributed by atoms with Gasteiger partial charge >= 0.3 is 17.7 Å². The maximum Gasteiger partial charge on any atom is 0.367 e. The SMILES string of the molecule is CCOC(OCC(=O)O)(C(=O)O)C(OCCCCCc1ccc(C)c(C)c1)C(=O)N(C)CCCCCc1ccc2c(c1)OCO2. The number of benzene rings is 2. The third-order valence-electron chi connectivity index (χ3n) is 7.87. The highest BCUT2D eigenvalue weighted by atomic mass is 16.7. The van der Waals surface area contributed by atoms with E-state index in [2.05, 4.69) is 32.0 Å². The van der Waals surface area contributed by atoms with Crippen molar-refractivity contribution in [3.8, 4) is 11.5 Å². The summed E-state index contributed by atoms with van der Waals surface area (Å²) in [6.07, 6.45) is 4.64. The number of amides is 1. The Morgan fingerprint density at radius 1 is 0.867 bits per heavy atom. The van der Waals surface area contributed by atoms with Crippen molar-refractivity contribution >= 4 is 17.8 Å². The zero-order chi connectivity index (χ0) is 32.8. The summed E-state index contributed by atoms with van der Waals surface area (Å²) in [5.41, 5.74) is 4.86. The van der Waals surface area contributed by atoms with Crippen molar-refractivity contribution < 1.29 is 48.3 Å². The number of rotatable bonds is 21. The Morgan fingerprint density at radius 2 is 1.53 bits per heavy atom. The summed E-state index contributed by atoms with van der Waals surface area (Å²) >= 11 is 0. The molecule has 0 radical (unpaired) electrons. The van der Waals surface area contributed by atoms with Crippen molar-refractivity contribution in [1.29, 1.82) is 0 Å². The van der Waals surface area contributed by atoms with Crippen LogP contribution in [0.5, 0.6) is 11.5 Å². The second-order valence-corrected chi connectivity index (χ2v) is 11.3.